The molecule has 1 atom stereocenters. The Kier molecular flexibility index (Phi) is 5.83. The van der Waals surface area contributed by atoms with Crippen molar-refractivity contribution in [2.45, 2.75) is 32.7 Å². The molecule has 1 aliphatic heterocycles. The molecule has 0 spiro atoms. The normalized spacial score (nSPS) is 17.7. The number of halogens is 1. The van der Waals surface area contributed by atoms with Gasteiger partial charge in [0.2, 0.25) is 0 Å². The van der Waals surface area contributed by atoms with Gasteiger partial charge in [0.05, 0.1) is 0 Å². The van der Waals surface area contributed by atoms with Crippen LogP contribution < -0.4 is 5.73 Å². The average molecular weight is 283 g/mol. The van der Waals surface area contributed by atoms with Gasteiger partial charge < -0.3 is 10.6 Å². The molecule has 0 aromatic heterocycles. The van der Waals surface area contributed by atoms with E-state index in [-0.39, 0.29) is 24.4 Å². The third-order valence-corrected chi connectivity index (χ3v) is 3.84. The van der Waals surface area contributed by atoms with Gasteiger partial charge in [0.1, 0.15) is 0 Å². The third kappa shape index (κ3) is 3.95. The predicted octanol–water partition coefficient (Wildman–Crippen LogP) is 2.62. The number of piperidine rings is 1. The van der Waals surface area contributed by atoms with Crippen molar-refractivity contribution in [2.75, 3.05) is 13.1 Å². The Morgan fingerprint density at radius 2 is 2.00 bits per heavy atom. The smallest absolute Gasteiger partial charge is 0.253 e. The Morgan fingerprint density at radius 3 is 2.53 bits per heavy atom. The van der Waals surface area contributed by atoms with E-state index >= 15 is 0 Å². The van der Waals surface area contributed by atoms with Crippen LogP contribution in [0.5, 0.6) is 0 Å². The van der Waals surface area contributed by atoms with E-state index in [4.69, 9.17) is 5.73 Å². The van der Waals surface area contributed by atoms with Crippen LogP contribution in [0, 0.1) is 12.8 Å². The molecule has 2 rings (SSSR count). The number of benzene rings is 1. The zero-order chi connectivity index (χ0) is 13.1. The summed E-state index contributed by atoms with van der Waals surface area (Å²) in [5.41, 5.74) is 7.85. The second-order valence-electron chi connectivity index (χ2n) is 5.36. The number of nitrogens with zero attached hydrogens (tertiary/aromatic N) is 1. The standard InChI is InChI=1S/C15H22N2O.ClH/c1-11-4-3-5-14(10-11)15(18)17-8-6-13(7-9-17)12(2)16;/h3-5,10,12-13H,6-9,16H2,1-2H3;1H. The lowest BCUT2D eigenvalue weighted by atomic mass is 9.90. The second-order valence-corrected chi connectivity index (χ2v) is 5.36. The van der Waals surface area contributed by atoms with Crippen LogP contribution in [0.2, 0.25) is 0 Å². The molecule has 2 N–H and O–H groups in total. The molecule has 3 nitrogen and oxygen atoms in total. The molecule has 1 fully saturated rings. The predicted molar refractivity (Wildman–Crippen MR) is 80.7 cm³/mol. The van der Waals surface area contributed by atoms with Crippen molar-refractivity contribution in [3.05, 3.63) is 35.4 Å². The molecule has 1 unspecified atom stereocenters. The number of carbonyl (C=O) groups excluding carboxylic acids is 1. The molecule has 0 bridgehead atoms. The van der Waals surface area contributed by atoms with Crippen LogP contribution in [-0.4, -0.2) is 29.9 Å². The van der Waals surface area contributed by atoms with Crippen LogP contribution in [0.3, 0.4) is 0 Å². The van der Waals surface area contributed by atoms with Crippen LogP contribution in [0.4, 0.5) is 0 Å². The Balaban J connectivity index is 0.00000180. The summed E-state index contributed by atoms with van der Waals surface area (Å²) >= 11 is 0. The molecular formula is C15H23ClN2O. The lowest BCUT2D eigenvalue weighted by Gasteiger charge is -2.33. The number of hydrogen-bond donors (Lipinski definition) is 1. The molecular weight excluding hydrogens is 260 g/mol. The van der Waals surface area contributed by atoms with E-state index in [2.05, 4.69) is 6.92 Å². The van der Waals surface area contributed by atoms with E-state index in [0.717, 1.165) is 37.1 Å². The van der Waals surface area contributed by atoms with Gasteiger partial charge in [-0.1, -0.05) is 17.7 Å². The lowest BCUT2D eigenvalue weighted by molar-refractivity contribution is 0.0681. The van der Waals surface area contributed by atoms with Gasteiger partial charge in [0.15, 0.2) is 0 Å². The first-order chi connectivity index (χ1) is 8.58. The molecule has 1 aromatic carbocycles. The van der Waals surface area contributed by atoms with Crippen LogP contribution in [-0.2, 0) is 0 Å². The van der Waals surface area contributed by atoms with Gasteiger partial charge in [-0.25, -0.2) is 0 Å². The Labute approximate surface area is 121 Å². The van der Waals surface area contributed by atoms with Crippen molar-refractivity contribution < 1.29 is 4.79 Å². The van der Waals surface area contributed by atoms with E-state index < -0.39 is 0 Å². The zero-order valence-electron chi connectivity index (χ0n) is 11.6. The molecule has 0 radical (unpaired) electrons. The molecule has 1 heterocycles. The fourth-order valence-electron chi connectivity index (χ4n) is 2.59. The lowest BCUT2D eigenvalue weighted by Crippen LogP contribution is -2.42. The topological polar surface area (TPSA) is 46.3 Å². The molecule has 19 heavy (non-hydrogen) atoms. The highest BCUT2D eigenvalue weighted by Gasteiger charge is 2.25. The molecule has 0 aliphatic carbocycles. The average Bonchev–Trinajstić information content (AvgIpc) is 2.38. The summed E-state index contributed by atoms with van der Waals surface area (Å²) in [6.07, 6.45) is 2.05. The molecule has 1 aromatic rings. The molecule has 1 saturated heterocycles. The van der Waals surface area contributed by atoms with Crippen molar-refractivity contribution in [1.82, 2.24) is 4.90 Å². The maximum atomic E-state index is 12.3. The van der Waals surface area contributed by atoms with Gasteiger partial charge in [-0.15, -0.1) is 12.4 Å². The number of nitrogens with two attached hydrogens (primary N) is 1. The summed E-state index contributed by atoms with van der Waals surface area (Å²) in [6, 6.07) is 8.05. The number of amides is 1. The van der Waals surface area contributed by atoms with Gasteiger partial charge in [-0.3, -0.25) is 4.79 Å². The number of hydrogen-bond acceptors (Lipinski definition) is 2. The second kappa shape index (κ2) is 6.92. The van der Waals surface area contributed by atoms with Crippen molar-refractivity contribution in [1.29, 1.82) is 0 Å². The summed E-state index contributed by atoms with van der Waals surface area (Å²) in [5, 5.41) is 0. The maximum absolute atomic E-state index is 12.3. The Bertz CT molecular complexity index is 426. The van der Waals surface area contributed by atoms with Gasteiger partial charge in [0.25, 0.3) is 5.91 Å². The number of aryl methyl sites for hydroxylation is 1. The fourth-order valence-corrected chi connectivity index (χ4v) is 2.59. The summed E-state index contributed by atoms with van der Waals surface area (Å²) in [4.78, 5) is 14.3. The molecule has 4 heteroatoms. The van der Waals surface area contributed by atoms with Crippen molar-refractivity contribution in [3.8, 4) is 0 Å². The van der Waals surface area contributed by atoms with E-state index in [1.165, 1.54) is 0 Å². The summed E-state index contributed by atoms with van der Waals surface area (Å²) in [5.74, 6) is 0.716. The van der Waals surface area contributed by atoms with Crippen molar-refractivity contribution in [2.24, 2.45) is 11.7 Å². The summed E-state index contributed by atoms with van der Waals surface area (Å²) in [6.45, 7) is 5.74. The highest BCUT2D eigenvalue weighted by molar-refractivity contribution is 5.94. The number of carbonyl (C=O) groups is 1. The third-order valence-electron chi connectivity index (χ3n) is 3.84. The van der Waals surface area contributed by atoms with Gasteiger partial charge in [-0.05, 0) is 44.7 Å². The van der Waals surface area contributed by atoms with Gasteiger partial charge in [0, 0.05) is 24.7 Å². The minimum Gasteiger partial charge on any atom is -0.339 e. The minimum absolute atomic E-state index is 0. The van der Waals surface area contributed by atoms with Crippen LogP contribution in [0.25, 0.3) is 0 Å². The number of rotatable bonds is 2. The monoisotopic (exact) mass is 282 g/mol. The van der Waals surface area contributed by atoms with Crippen LogP contribution in [0.1, 0.15) is 35.7 Å². The van der Waals surface area contributed by atoms with Crippen LogP contribution in [0.15, 0.2) is 24.3 Å². The highest BCUT2D eigenvalue weighted by Crippen LogP contribution is 2.21. The van der Waals surface area contributed by atoms with Crippen molar-refractivity contribution in [3.63, 3.8) is 0 Å². The van der Waals surface area contributed by atoms with Crippen LogP contribution >= 0.6 is 12.4 Å². The molecule has 1 aliphatic rings. The van der Waals surface area contributed by atoms with E-state index in [1.54, 1.807) is 0 Å². The summed E-state index contributed by atoms with van der Waals surface area (Å²) < 4.78 is 0. The summed E-state index contributed by atoms with van der Waals surface area (Å²) in [7, 11) is 0. The quantitative estimate of drug-likeness (QED) is 0.906. The first-order valence-corrected chi connectivity index (χ1v) is 6.69. The number of likely N-dealkylation sites (tertiary alicyclic amines) is 1. The minimum atomic E-state index is 0. The molecule has 0 saturated carbocycles. The van der Waals surface area contributed by atoms with E-state index in [1.807, 2.05) is 36.1 Å². The maximum Gasteiger partial charge on any atom is 0.253 e. The zero-order valence-corrected chi connectivity index (χ0v) is 12.5. The first kappa shape index (κ1) is 16.0. The highest BCUT2D eigenvalue weighted by atomic mass is 35.5. The Morgan fingerprint density at radius 1 is 1.37 bits per heavy atom. The SMILES string of the molecule is Cc1cccc(C(=O)N2CCC(C(C)N)CC2)c1.Cl. The first-order valence-electron chi connectivity index (χ1n) is 6.69. The van der Waals surface area contributed by atoms with Gasteiger partial charge >= 0.3 is 0 Å². The fraction of sp³-hybridized carbons (Fsp3) is 0.533. The van der Waals surface area contributed by atoms with Gasteiger partial charge in [-0.2, -0.15) is 0 Å². The van der Waals surface area contributed by atoms with E-state index in [9.17, 15) is 4.79 Å². The van der Waals surface area contributed by atoms with Crippen molar-refractivity contribution >= 4 is 18.3 Å². The van der Waals surface area contributed by atoms with E-state index in [0.29, 0.717) is 5.92 Å². The largest absolute Gasteiger partial charge is 0.339 e. The molecule has 1 amide bonds. The molecule has 106 valence electrons. The Hall–Kier alpha value is -1.06.